The summed E-state index contributed by atoms with van der Waals surface area (Å²) in [6.45, 7) is 10.8. The molecular weight excluding hydrogens is 981 g/mol. The number of carbonyl (C=O) groups is 6. The number of ether oxygens (including phenoxy) is 6. The first kappa shape index (κ1) is 53.7. The van der Waals surface area contributed by atoms with Crippen molar-refractivity contribution >= 4 is 63.1 Å². The predicted molar refractivity (Wildman–Crippen MR) is 269 cm³/mol. The van der Waals surface area contributed by atoms with E-state index >= 15 is 0 Å². The van der Waals surface area contributed by atoms with Crippen LogP contribution in [0.2, 0.25) is 0 Å². The Labute approximate surface area is 426 Å². The van der Waals surface area contributed by atoms with Gasteiger partial charge >= 0.3 is 12.2 Å². The van der Waals surface area contributed by atoms with Crippen LogP contribution in [0, 0.1) is 0 Å². The first-order valence-electron chi connectivity index (χ1n) is 25.6. The van der Waals surface area contributed by atoms with Crippen LogP contribution in [0.3, 0.4) is 0 Å². The standard InChI is InChI=1S/C26H36BrN3O6.C26H37N3O6/c1-17(2)30(18-7-5-4-6-8-18)23(31)19-15-21-22(16-20(19)27)36-26(9-13-35-14-10-26)24(32)29(21)12-11-28-25(33)34-3;1-18(2)29(20-7-5-4-6-8-20)23(30)19-9-10-22-21(17-19)28(14-13-27-25(32)33-3)24(31)26(35-22)11-15-34-16-12-26/h15-18H,4-14H2,1-3H3,(H,28,33);9-10,17-18,20H,4-8,11-16H2,1-3H3,(H,27,32). The van der Waals surface area contributed by atoms with Crippen molar-refractivity contribution in [3.8, 4) is 11.5 Å². The zero-order valence-corrected chi connectivity index (χ0v) is 43.9. The summed E-state index contributed by atoms with van der Waals surface area (Å²) in [6, 6.07) is 9.47. The van der Waals surface area contributed by atoms with Gasteiger partial charge in [0.05, 0.1) is 57.6 Å². The number of nitrogens with one attached hydrogen (secondary N) is 2. The molecule has 2 saturated carbocycles. The second kappa shape index (κ2) is 24.1. The first-order chi connectivity index (χ1) is 34.1. The van der Waals surface area contributed by atoms with Crippen LogP contribution < -0.4 is 29.9 Å². The number of amides is 6. The Morgan fingerprint density at radius 3 is 1.54 bits per heavy atom. The highest BCUT2D eigenvalue weighted by atomic mass is 79.9. The fourth-order valence-corrected chi connectivity index (χ4v) is 11.5. The number of benzene rings is 2. The van der Waals surface area contributed by atoms with Gasteiger partial charge in [-0.3, -0.25) is 19.2 Å². The molecule has 0 aromatic heterocycles. The summed E-state index contributed by atoms with van der Waals surface area (Å²) < 4.78 is 33.6. The van der Waals surface area contributed by atoms with Crippen molar-refractivity contribution in [3.05, 3.63) is 45.9 Å². The fraction of sp³-hybridized carbons (Fsp3) is 0.654. The summed E-state index contributed by atoms with van der Waals surface area (Å²) in [4.78, 5) is 85.5. The molecule has 4 heterocycles. The molecule has 4 fully saturated rings. The number of nitrogens with zero attached hydrogens (tertiary/aromatic N) is 4. The summed E-state index contributed by atoms with van der Waals surface area (Å²) in [6.07, 6.45) is 11.7. The predicted octanol–water partition coefficient (Wildman–Crippen LogP) is 7.76. The van der Waals surface area contributed by atoms with E-state index in [0.717, 1.165) is 51.4 Å². The van der Waals surface area contributed by atoms with Crippen LogP contribution in [0.4, 0.5) is 21.0 Å². The zero-order valence-electron chi connectivity index (χ0n) is 42.3. The molecule has 2 N–H and O–H groups in total. The van der Waals surface area contributed by atoms with Gasteiger partial charge in [-0.15, -0.1) is 0 Å². The van der Waals surface area contributed by atoms with Gasteiger partial charge in [-0.25, -0.2) is 9.59 Å². The fourth-order valence-electron chi connectivity index (χ4n) is 11.0. The third-order valence-corrected chi connectivity index (χ3v) is 15.3. The molecule has 19 heteroatoms. The van der Waals surface area contributed by atoms with Gasteiger partial charge in [-0.05, 0) is 99.6 Å². The van der Waals surface area contributed by atoms with Crippen molar-refractivity contribution in [3.63, 3.8) is 0 Å². The van der Waals surface area contributed by atoms with Crippen molar-refractivity contribution < 1.29 is 57.2 Å². The number of anilines is 2. The van der Waals surface area contributed by atoms with E-state index in [1.165, 1.54) is 27.1 Å². The molecule has 0 atom stereocenters. The zero-order chi connectivity index (χ0) is 50.9. The minimum absolute atomic E-state index is 0.0267. The van der Waals surface area contributed by atoms with Crippen LogP contribution in [-0.2, 0) is 28.5 Å². The van der Waals surface area contributed by atoms with Gasteiger partial charge < -0.3 is 58.7 Å². The Bertz CT molecular complexity index is 2240. The molecule has 2 aromatic rings. The molecule has 0 radical (unpaired) electrons. The van der Waals surface area contributed by atoms with Crippen LogP contribution in [0.25, 0.3) is 0 Å². The number of fused-ring (bicyclic) bond motifs is 2. The summed E-state index contributed by atoms with van der Waals surface area (Å²) in [5, 5.41) is 5.28. The SMILES string of the molecule is COC(=O)NCCN1C(=O)C2(CCOCC2)Oc2cc(Br)c(C(=O)N(C(C)C)C3CCCCC3)cc21.COC(=O)NCCN1C(=O)C2(CCOCC2)Oc2ccc(C(=O)N(C(C)C)C3CCCCC3)cc21. The average Bonchev–Trinajstić information content (AvgIpc) is 3.37. The number of carbonyl (C=O) groups excluding carboxylic acids is 6. The Morgan fingerprint density at radius 1 is 0.648 bits per heavy atom. The van der Waals surface area contributed by atoms with Gasteiger partial charge in [0.15, 0.2) is 11.2 Å². The summed E-state index contributed by atoms with van der Waals surface area (Å²) in [7, 11) is 2.59. The molecule has 18 nitrogen and oxygen atoms in total. The smallest absolute Gasteiger partial charge is 0.406 e. The van der Waals surface area contributed by atoms with Gasteiger partial charge in [0.25, 0.3) is 23.6 Å². The van der Waals surface area contributed by atoms with Crippen molar-refractivity contribution in [2.75, 3.05) is 76.6 Å². The topological polar surface area (TPSA) is 195 Å². The van der Waals surface area contributed by atoms with Gasteiger partial charge in [0.2, 0.25) is 0 Å². The molecule has 2 aromatic carbocycles. The van der Waals surface area contributed by atoms with Crippen molar-refractivity contribution in [2.45, 2.75) is 153 Å². The van der Waals surface area contributed by atoms with Crippen LogP contribution in [0.15, 0.2) is 34.8 Å². The summed E-state index contributed by atoms with van der Waals surface area (Å²) >= 11 is 3.62. The Balaban J connectivity index is 0.000000209. The molecule has 2 saturated heterocycles. The minimum Gasteiger partial charge on any atom is -0.475 e. The molecule has 71 heavy (non-hydrogen) atoms. The van der Waals surface area contributed by atoms with Crippen molar-refractivity contribution in [1.82, 2.24) is 20.4 Å². The van der Waals surface area contributed by atoms with Crippen LogP contribution in [0.1, 0.15) is 138 Å². The second-order valence-corrected chi connectivity index (χ2v) is 20.7. The number of hydrogen-bond donors (Lipinski definition) is 2. The molecule has 8 rings (SSSR count). The quantitative estimate of drug-likeness (QED) is 0.210. The van der Waals surface area contributed by atoms with Gasteiger partial charge in [0, 0.05) is 86.1 Å². The average molecular weight is 1050 g/mol. The largest absolute Gasteiger partial charge is 0.475 e. The molecule has 2 aliphatic carbocycles. The molecular formula is C52H73BrN6O12. The van der Waals surface area contributed by atoms with Crippen molar-refractivity contribution in [2.24, 2.45) is 0 Å². The maximum atomic E-state index is 13.9. The lowest BCUT2D eigenvalue weighted by molar-refractivity contribution is -0.144. The second-order valence-electron chi connectivity index (χ2n) is 19.8. The van der Waals surface area contributed by atoms with Gasteiger partial charge in [-0.1, -0.05) is 38.5 Å². The number of rotatable bonds is 12. The number of hydrogen-bond acceptors (Lipinski definition) is 12. The van der Waals surface area contributed by atoms with E-state index in [4.69, 9.17) is 18.9 Å². The number of methoxy groups -OCH3 is 2. The highest BCUT2D eigenvalue weighted by molar-refractivity contribution is 9.10. The third-order valence-electron chi connectivity index (χ3n) is 14.6. The molecule has 4 aliphatic heterocycles. The Hall–Kier alpha value is -5.14. The van der Waals surface area contributed by atoms with Crippen LogP contribution >= 0.6 is 15.9 Å². The van der Waals surface area contributed by atoms with E-state index in [1.807, 2.05) is 23.6 Å². The monoisotopic (exact) mass is 1050 g/mol. The molecule has 0 unspecified atom stereocenters. The molecule has 2 spiro atoms. The van der Waals surface area contributed by atoms with Crippen LogP contribution in [0.5, 0.6) is 11.5 Å². The maximum absolute atomic E-state index is 13.9. The summed E-state index contributed by atoms with van der Waals surface area (Å²) in [5.74, 6) is 0.664. The van der Waals surface area contributed by atoms with E-state index < -0.39 is 23.4 Å². The Morgan fingerprint density at radius 2 is 1.08 bits per heavy atom. The van der Waals surface area contributed by atoms with Crippen molar-refractivity contribution in [1.29, 1.82) is 0 Å². The van der Waals surface area contributed by atoms with E-state index in [0.29, 0.717) is 90.6 Å². The lowest BCUT2D eigenvalue weighted by Gasteiger charge is -2.44. The van der Waals surface area contributed by atoms with E-state index in [2.05, 4.69) is 49.9 Å². The van der Waals surface area contributed by atoms with Gasteiger partial charge in [0.1, 0.15) is 11.5 Å². The lowest BCUT2D eigenvalue weighted by atomic mass is 9.89. The highest BCUT2D eigenvalue weighted by Gasteiger charge is 2.51. The summed E-state index contributed by atoms with van der Waals surface area (Å²) in [5.41, 5.74) is 0.105. The molecule has 0 bridgehead atoms. The van der Waals surface area contributed by atoms with E-state index in [1.54, 1.807) is 40.1 Å². The molecule has 6 amide bonds. The highest BCUT2D eigenvalue weighted by Crippen LogP contribution is 2.46. The van der Waals surface area contributed by atoms with E-state index in [9.17, 15) is 28.8 Å². The number of alkyl carbamates (subject to hydrolysis) is 2. The first-order valence-corrected chi connectivity index (χ1v) is 26.4. The molecule has 6 aliphatic rings. The van der Waals surface area contributed by atoms with Gasteiger partial charge in [-0.2, -0.15) is 0 Å². The van der Waals surface area contributed by atoms with E-state index in [-0.39, 0.29) is 74.0 Å². The third kappa shape index (κ3) is 12.0. The van der Waals surface area contributed by atoms with Crippen LogP contribution in [-0.4, -0.2) is 148 Å². The normalized spacial score (nSPS) is 19.7. The minimum atomic E-state index is -1.02. The maximum Gasteiger partial charge on any atom is 0.406 e. The molecule has 390 valence electrons. The number of halogens is 1. The lowest BCUT2D eigenvalue weighted by Crippen LogP contribution is -2.59. The Kier molecular flexibility index (Phi) is 18.2.